The fourth-order valence-electron chi connectivity index (χ4n) is 0.644. The molecule has 0 aliphatic rings. The smallest absolute Gasteiger partial charge is 0.0472 e. The third-order valence-electron chi connectivity index (χ3n) is 1.13. The number of halogens is 2. The predicted octanol–water partition coefficient (Wildman–Crippen LogP) is 3.29. The van der Waals surface area contributed by atoms with Crippen molar-refractivity contribution >= 4 is 43.2 Å². The van der Waals surface area contributed by atoms with Crippen LogP contribution in [0.5, 0.6) is 0 Å². The van der Waals surface area contributed by atoms with Gasteiger partial charge in [0.2, 0.25) is 0 Å². The molecule has 0 amide bonds. The van der Waals surface area contributed by atoms with Crippen LogP contribution in [0.4, 0.5) is 0 Å². The van der Waals surface area contributed by atoms with E-state index >= 15 is 0 Å². The molecule has 0 aliphatic carbocycles. The summed E-state index contributed by atoms with van der Waals surface area (Å²) in [6.45, 7) is 1.98. The van der Waals surface area contributed by atoms with E-state index in [0.29, 0.717) is 0 Å². The van der Waals surface area contributed by atoms with Crippen molar-refractivity contribution in [3.63, 3.8) is 0 Å². The van der Waals surface area contributed by atoms with E-state index in [2.05, 4.69) is 31.9 Å². The highest BCUT2D eigenvalue weighted by molar-refractivity contribution is 9.13. The highest BCUT2D eigenvalue weighted by Crippen LogP contribution is 2.35. The summed E-state index contributed by atoms with van der Waals surface area (Å²) in [6.07, 6.45) is 0. The minimum absolute atomic E-state index is 0.116. The molecule has 10 heavy (non-hydrogen) atoms. The number of hydrogen-bond acceptors (Lipinski definition) is 2. The van der Waals surface area contributed by atoms with Gasteiger partial charge >= 0.3 is 0 Å². The standard InChI is InChI=1S/C6H7Br2NS/c1-3(9)6-5(8)4(7)2-10-6/h2-3H,9H2,1H3. The number of thiophene rings is 1. The van der Waals surface area contributed by atoms with Crippen LogP contribution in [0.2, 0.25) is 0 Å². The van der Waals surface area contributed by atoms with Gasteiger partial charge in [0.25, 0.3) is 0 Å². The van der Waals surface area contributed by atoms with Gasteiger partial charge in [-0.25, -0.2) is 0 Å². The van der Waals surface area contributed by atoms with E-state index in [0.717, 1.165) is 8.95 Å². The third kappa shape index (κ3) is 1.61. The summed E-state index contributed by atoms with van der Waals surface area (Å²) in [6, 6.07) is 0.116. The molecule has 1 heterocycles. The Kier molecular flexibility index (Phi) is 2.91. The van der Waals surface area contributed by atoms with Crippen molar-refractivity contribution in [2.75, 3.05) is 0 Å². The zero-order valence-electron chi connectivity index (χ0n) is 5.40. The monoisotopic (exact) mass is 283 g/mol. The Morgan fingerprint density at radius 3 is 2.40 bits per heavy atom. The Balaban J connectivity index is 3.05. The average molecular weight is 285 g/mol. The van der Waals surface area contributed by atoms with Crippen LogP contribution in [0, 0.1) is 0 Å². The molecular weight excluding hydrogens is 278 g/mol. The molecule has 56 valence electrons. The summed E-state index contributed by atoms with van der Waals surface area (Å²) in [5, 5.41) is 2.03. The number of hydrogen-bond donors (Lipinski definition) is 1. The third-order valence-corrected chi connectivity index (χ3v) is 4.89. The lowest BCUT2D eigenvalue weighted by atomic mass is 10.3. The molecule has 0 fully saturated rings. The van der Waals surface area contributed by atoms with Gasteiger partial charge in [-0.05, 0) is 38.8 Å². The van der Waals surface area contributed by atoms with Crippen LogP contribution in [0.1, 0.15) is 17.8 Å². The first-order valence-corrected chi connectivity index (χ1v) is 5.27. The lowest BCUT2D eigenvalue weighted by Crippen LogP contribution is -2.02. The molecule has 1 nitrogen and oxygen atoms in total. The number of rotatable bonds is 1. The maximum atomic E-state index is 5.69. The van der Waals surface area contributed by atoms with Crippen LogP contribution in [0.25, 0.3) is 0 Å². The summed E-state index contributed by atoms with van der Waals surface area (Å²) in [7, 11) is 0. The highest BCUT2D eigenvalue weighted by atomic mass is 79.9. The second kappa shape index (κ2) is 3.34. The van der Waals surface area contributed by atoms with Crippen LogP contribution in [-0.2, 0) is 0 Å². The van der Waals surface area contributed by atoms with Crippen molar-refractivity contribution in [1.29, 1.82) is 0 Å². The molecule has 1 unspecified atom stereocenters. The van der Waals surface area contributed by atoms with Crippen molar-refractivity contribution in [2.45, 2.75) is 13.0 Å². The second-order valence-electron chi connectivity index (χ2n) is 2.05. The molecule has 4 heteroatoms. The summed E-state index contributed by atoms with van der Waals surface area (Å²) in [5.74, 6) is 0. The molecule has 0 bridgehead atoms. The Bertz CT molecular complexity index is 232. The Morgan fingerprint density at radius 1 is 1.60 bits per heavy atom. The zero-order chi connectivity index (χ0) is 7.72. The first kappa shape index (κ1) is 8.71. The second-order valence-corrected chi connectivity index (χ2v) is 4.61. The van der Waals surface area contributed by atoms with Crippen molar-refractivity contribution in [3.8, 4) is 0 Å². The molecule has 0 aliphatic heterocycles. The molecule has 0 aromatic carbocycles. The molecule has 0 spiro atoms. The van der Waals surface area contributed by atoms with Gasteiger partial charge in [0.1, 0.15) is 0 Å². The van der Waals surface area contributed by atoms with Gasteiger partial charge in [-0.1, -0.05) is 0 Å². The lowest BCUT2D eigenvalue weighted by Gasteiger charge is -2.00. The minimum atomic E-state index is 0.116. The van der Waals surface area contributed by atoms with Gasteiger partial charge in [-0.2, -0.15) is 0 Å². The summed E-state index contributed by atoms with van der Waals surface area (Å²) >= 11 is 8.49. The van der Waals surface area contributed by atoms with Gasteiger partial charge < -0.3 is 5.73 Å². The molecule has 1 aromatic rings. The molecule has 1 aromatic heterocycles. The largest absolute Gasteiger partial charge is 0.323 e. The van der Waals surface area contributed by atoms with Gasteiger partial charge in [0, 0.05) is 25.2 Å². The average Bonchev–Trinajstić information content (AvgIpc) is 2.14. The topological polar surface area (TPSA) is 26.0 Å². The van der Waals surface area contributed by atoms with Crippen molar-refractivity contribution in [3.05, 3.63) is 19.2 Å². The Hall–Kier alpha value is 0.620. The summed E-state index contributed by atoms with van der Waals surface area (Å²) in [5.41, 5.74) is 5.69. The van der Waals surface area contributed by atoms with E-state index in [1.54, 1.807) is 11.3 Å². The van der Waals surface area contributed by atoms with Crippen LogP contribution in [0.15, 0.2) is 14.3 Å². The van der Waals surface area contributed by atoms with E-state index in [1.165, 1.54) is 4.88 Å². The van der Waals surface area contributed by atoms with E-state index in [9.17, 15) is 0 Å². The van der Waals surface area contributed by atoms with E-state index < -0.39 is 0 Å². The van der Waals surface area contributed by atoms with Crippen molar-refractivity contribution in [2.24, 2.45) is 5.73 Å². The molecular formula is C6H7Br2NS. The van der Waals surface area contributed by atoms with Gasteiger partial charge in [0.15, 0.2) is 0 Å². The fraction of sp³-hybridized carbons (Fsp3) is 0.333. The van der Waals surface area contributed by atoms with E-state index in [1.807, 2.05) is 12.3 Å². The van der Waals surface area contributed by atoms with Gasteiger partial charge in [0.05, 0.1) is 0 Å². The molecule has 0 saturated heterocycles. The predicted molar refractivity (Wildman–Crippen MR) is 52.3 cm³/mol. The summed E-state index contributed by atoms with van der Waals surface area (Å²) in [4.78, 5) is 1.19. The fourth-order valence-corrected chi connectivity index (χ4v) is 2.95. The summed E-state index contributed by atoms with van der Waals surface area (Å²) < 4.78 is 2.18. The lowest BCUT2D eigenvalue weighted by molar-refractivity contribution is 0.834. The van der Waals surface area contributed by atoms with Crippen LogP contribution < -0.4 is 5.73 Å². The normalized spacial score (nSPS) is 13.6. The van der Waals surface area contributed by atoms with E-state index in [-0.39, 0.29) is 6.04 Å². The van der Waals surface area contributed by atoms with Crippen LogP contribution in [-0.4, -0.2) is 0 Å². The Labute approximate surface area is 80.9 Å². The quantitative estimate of drug-likeness (QED) is 0.841. The molecule has 0 radical (unpaired) electrons. The zero-order valence-corrected chi connectivity index (χ0v) is 9.38. The first-order chi connectivity index (χ1) is 4.63. The van der Waals surface area contributed by atoms with Crippen molar-refractivity contribution in [1.82, 2.24) is 0 Å². The molecule has 2 N–H and O–H groups in total. The van der Waals surface area contributed by atoms with Gasteiger partial charge in [-0.3, -0.25) is 0 Å². The SMILES string of the molecule is CC(N)c1scc(Br)c1Br. The highest BCUT2D eigenvalue weighted by Gasteiger charge is 2.09. The molecule has 1 atom stereocenters. The van der Waals surface area contributed by atoms with Crippen LogP contribution in [0.3, 0.4) is 0 Å². The maximum Gasteiger partial charge on any atom is 0.0472 e. The first-order valence-electron chi connectivity index (χ1n) is 2.81. The van der Waals surface area contributed by atoms with Crippen molar-refractivity contribution < 1.29 is 0 Å². The number of nitrogens with two attached hydrogens (primary N) is 1. The van der Waals surface area contributed by atoms with Crippen LogP contribution >= 0.6 is 43.2 Å². The molecule has 1 rings (SSSR count). The molecule has 0 saturated carbocycles. The van der Waals surface area contributed by atoms with E-state index in [4.69, 9.17) is 5.73 Å². The Morgan fingerprint density at radius 2 is 2.20 bits per heavy atom. The van der Waals surface area contributed by atoms with Gasteiger partial charge in [-0.15, -0.1) is 11.3 Å². The maximum absolute atomic E-state index is 5.69. The minimum Gasteiger partial charge on any atom is -0.323 e.